The van der Waals surface area contributed by atoms with Gasteiger partial charge in [-0.05, 0) is 31.4 Å². The number of carbonyl (C=O) groups excluding carboxylic acids is 1. The van der Waals surface area contributed by atoms with E-state index < -0.39 is 0 Å². The van der Waals surface area contributed by atoms with Gasteiger partial charge in [0.15, 0.2) is 0 Å². The molecule has 0 radical (unpaired) electrons. The molecule has 1 saturated carbocycles. The maximum atomic E-state index is 12.1. The van der Waals surface area contributed by atoms with Gasteiger partial charge in [-0.1, -0.05) is 39.0 Å². The van der Waals surface area contributed by atoms with Crippen LogP contribution in [0.3, 0.4) is 0 Å². The summed E-state index contributed by atoms with van der Waals surface area (Å²) in [6.45, 7) is 3.15. The first kappa shape index (κ1) is 15.8. The zero-order valence-electron chi connectivity index (χ0n) is 13.0. The summed E-state index contributed by atoms with van der Waals surface area (Å²) in [5.74, 6) is 1.22. The molecule has 0 aliphatic heterocycles. The fourth-order valence-corrected chi connectivity index (χ4v) is 2.77. The third-order valence-electron chi connectivity index (χ3n) is 4.09. The normalized spacial score (nSPS) is 15.7. The van der Waals surface area contributed by atoms with Gasteiger partial charge in [0.05, 0.1) is 11.9 Å². The SMILES string of the molecule is CCCCCNc1ccc(NC(=O)C2CCCCC2)cn1. The lowest BCUT2D eigenvalue weighted by Gasteiger charge is -2.20. The topological polar surface area (TPSA) is 54.0 Å². The van der Waals surface area contributed by atoms with E-state index in [1.807, 2.05) is 12.1 Å². The first-order chi connectivity index (χ1) is 10.3. The molecule has 1 aliphatic rings. The van der Waals surface area contributed by atoms with E-state index in [0.29, 0.717) is 0 Å². The molecule has 0 aromatic carbocycles. The summed E-state index contributed by atoms with van der Waals surface area (Å²) < 4.78 is 0. The highest BCUT2D eigenvalue weighted by molar-refractivity contribution is 5.92. The van der Waals surface area contributed by atoms with Crippen molar-refractivity contribution in [2.24, 2.45) is 5.92 Å². The van der Waals surface area contributed by atoms with Crippen LogP contribution in [0.4, 0.5) is 11.5 Å². The van der Waals surface area contributed by atoms with Gasteiger partial charge in [0.1, 0.15) is 5.82 Å². The molecule has 1 aromatic rings. The molecule has 0 spiro atoms. The standard InChI is InChI=1S/C17H27N3O/c1-2-3-7-12-18-16-11-10-15(13-19-16)20-17(21)14-8-5-4-6-9-14/h10-11,13-14H,2-9,12H2,1H3,(H,18,19)(H,20,21). The van der Waals surface area contributed by atoms with Gasteiger partial charge in [0.25, 0.3) is 0 Å². The Hall–Kier alpha value is -1.58. The van der Waals surface area contributed by atoms with Crippen molar-refractivity contribution < 1.29 is 4.79 Å². The van der Waals surface area contributed by atoms with Gasteiger partial charge >= 0.3 is 0 Å². The molecule has 2 N–H and O–H groups in total. The Morgan fingerprint density at radius 1 is 1.24 bits per heavy atom. The van der Waals surface area contributed by atoms with Gasteiger partial charge in [-0.2, -0.15) is 0 Å². The minimum Gasteiger partial charge on any atom is -0.370 e. The summed E-state index contributed by atoms with van der Waals surface area (Å²) in [4.78, 5) is 16.5. The minimum absolute atomic E-state index is 0.153. The molecule has 4 heteroatoms. The third kappa shape index (κ3) is 5.37. The molecule has 1 fully saturated rings. The van der Waals surface area contributed by atoms with E-state index in [9.17, 15) is 4.79 Å². The number of nitrogens with zero attached hydrogens (tertiary/aromatic N) is 1. The Morgan fingerprint density at radius 3 is 2.71 bits per heavy atom. The van der Waals surface area contributed by atoms with Crippen LogP contribution >= 0.6 is 0 Å². The van der Waals surface area contributed by atoms with E-state index in [4.69, 9.17) is 0 Å². The number of unbranched alkanes of at least 4 members (excludes halogenated alkanes) is 2. The highest BCUT2D eigenvalue weighted by atomic mass is 16.1. The summed E-state index contributed by atoms with van der Waals surface area (Å²) in [6.07, 6.45) is 11.0. The molecule has 1 heterocycles. The van der Waals surface area contributed by atoms with Gasteiger partial charge in [0, 0.05) is 12.5 Å². The van der Waals surface area contributed by atoms with E-state index >= 15 is 0 Å². The Bertz CT molecular complexity index is 424. The van der Waals surface area contributed by atoms with Gasteiger partial charge in [-0.3, -0.25) is 4.79 Å². The fraction of sp³-hybridized carbons (Fsp3) is 0.647. The first-order valence-corrected chi connectivity index (χ1v) is 8.30. The van der Waals surface area contributed by atoms with Crippen LogP contribution in [0.2, 0.25) is 0 Å². The molecule has 21 heavy (non-hydrogen) atoms. The number of anilines is 2. The molecule has 1 aromatic heterocycles. The van der Waals surface area contributed by atoms with Crippen molar-refractivity contribution in [3.8, 4) is 0 Å². The van der Waals surface area contributed by atoms with Gasteiger partial charge in [-0.15, -0.1) is 0 Å². The van der Waals surface area contributed by atoms with Crippen molar-refractivity contribution in [3.05, 3.63) is 18.3 Å². The summed E-state index contributed by atoms with van der Waals surface area (Å²) in [6, 6.07) is 3.86. The molecule has 4 nitrogen and oxygen atoms in total. The second-order valence-corrected chi connectivity index (χ2v) is 5.89. The van der Waals surface area contributed by atoms with Crippen LogP contribution in [0.1, 0.15) is 58.3 Å². The molecular formula is C17H27N3O. The van der Waals surface area contributed by atoms with Crippen LogP contribution in [-0.2, 0) is 4.79 Å². The maximum Gasteiger partial charge on any atom is 0.227 e. The Labute approximate surface area is 127 Å². The largest absolute Gasteiger partial charge is 0.370 e. The molecule has 0 saturated heterocycles. The number of carbonyl (C=O) groups is 1. The highest BCUT2D eigenvalue weighted by Crippen LogP contribution is 2.24. The number of nitrogens with one attached hydrogen (secondary N) is 2. The molecule has 1 amide bonds. The minimum atomic E-state index is 0.153. The number of hydrogen-bond acceptors (Lipinski definition) is 3. The summed E-state index contributed by atoms with van der Waals surface area (Å²) in [5.41, 5.74) is 0.796. The van der Waals surface area contributed by atoms with E-state index in [1.165, 1.54) is 38.5 Å². The predicted molar refractivity (Wildman–Crippen MR) is 87.5 cm³/mol. The lowest BCUT2D eigenvalue weighted by Crippen LogP contribution is -2.24. The zero-order chi connectivity index (χ0) is 14.9. The molecule has 2 rings (SSSR count). The molecule has 0 unspecified atom stereocenters. The lowest BCUT2D eigenvalue weighted by atomic mass is 9.88. The smallest absolute Gasteiger partial charge is 0.227 e. The quantitative estimate of drug-likeness (QED) is 0.740. The van der Waals surface area contributed by atoms with Crippen LogP contribution in [0.5, 0.6) is 0 Å². The van der Waals surface area contributed by atoms with Crippen LogP contribution < -0.4 is 10.6 Å². The Kier molecular flexibility index (Phi) is 6.51. The number of hydrogen-bond donors (Lipinski definition) is 2. The van der Waals surface area contributed by atoms with Crippen molar-refractivity contribution in [2.45, 2.75) is 58.3 Å². The second-order valence-electron chi connectivity index (χ2n) is 5.89. The first-order valence-electron chi connectivity index (χ1n) is 8.30. The van der Waals surface area contributed by atoms with E-state index in [-0.39, 0.29) is 11.8 Å². The molecular weight excluding hydrogens is 262 g/mol. The van der Waals surface area contributed by atoms with Crippen molar-refractivity contribution in [2.75, 3.05) is 17.2 Å². The van der Waals surface area contributed by atoms with Crippen LogP contribution in [0.25, 0.3) is 0 Å². The Balaban J connectivity index is 1.77. The van der Waals surface area contributed by atoms with E-state index in [0.717, 1.165) is 30.9 Å². The van der Waals surface area contributed by atoms with Crippen molar-refractivity contribution in [1.29, 1.82) is 0 Å². The van der Waals surface area contributed by atoms with Crippen LogP contribution in [0, 0.1) is 5.92 Å². The average molecular weight is 289 g/mol. The third-order valence-corrected chi connectivity index (χ3v) is 4.09. The summed E-state index contributed by atoms with van der Waals surface area (Å²) >= 11 is 0. The average Bonchev–Trinajstić information content (AvgIpc) is 2.54. The lowest BCUT2D eigenvalue weighted by molar-refractivity contribution is -0.120. The van der Waals surface area contributed by atoms with Crippen LogP contribution in [0.15, 0.2) is 18.3 Å². The number of aromatic nitrogens is 1. The van der Waals surface area contributed by atoms with Gasteiger partial charge in [-0.25, -0.2) is 4.98 Å². The van der Waals surface area contributed by atoms with Crippen LogP contribution in [-0.4, -0.2) is 17.4 Å². The highest BCUT2D eigenvalue weighted by Gasteiger charge is 2.20. The van der Waals surface area contributed by atoms with Crippen molar-refractivity contribution in [1.82, 2.24) is 4.98 Å². The van der Waals surface area contributed by atoms with Crippen molar-refractivity contribution >= 4 is 17.4 Å². The predicted octanol–water partition coefficient (Wildman–Crippen LogP) is 4.20. The monoisotopic (exact) mass is 289 g/mol. The molecule has 116 valence electrons. The molecule has 0 atom stereocenters. The Morgan fingerprint density at radius 2 is 2.05 bits per heavy atom. The second kappa shape index (κ2) is 8.65. The fourth-order valence-electron chi connectivity index (χ4n) is 2.77. The number of amides is 1. The summed E-state index contributed by atoms with van der Waals surface area (Å²) in [5, 5.41) is 6.29. The number of pyridine rings is 1. The molecule has 0 bridgehead atoms. The maximum absolute atomic E-state index is 12.1. The van der Waals surface area contributed by atoms with Gasteiger partial charge < -0.3 is 10.6 Å². The summed E-state index contributed by atoms with van der Waals surface area (Å²) in [7, 11) is 0. The van der Waals surface area contributed by atoms with Crippen molar-refractivity contribution in [3.63, 3.8) is 0 Å². The number of rotatable bonds is 7. The van der Waals surface area contributed by atoms with E-state index in [1.54, 1.807) is 6.20 Å². The molecule has 1 aliphatic carbocycles. The van der Waals surface area contributed by atoms with Gasteiger partial charge in [0.2, 0.25) is 5.91 Å². The van der Waals surface area contributed by atoms with E-state index in [2.05, 4.69) is 22.5 Å². The zero-order valence-corrected chi connectivity index (χ0v) is 13.0.